The Labute approximate surface area is 101 Å². The number of halogens is 2. The monoisotopic (exact) mass is 241 g/mol. The highest BCUT2D eigenvalue weighted by Gasteiger charge is 2.06. The van der Waals surface area contributed by atoms with Gasteiger partial charge in [0.25, 0.3) is 0 Å². The van der Waals surface area contributed by atoms with Crippen molar-refractivity contribution in [3.63, 3.8) is 0 Å². The van der Waals surface area contributed by atoms with Crippen LogP contribution in [0.4, 0.5) is 0 Å². The second-order valence-electron chi connectivity index (χ2n) is 3.22. The number of nitrogens with one attached hydrogen (secondary N) is 1. The van der Waals surface area contributed by atoms with E-state index in [1.165, 1.54) is 0 Å². The number of rotatable bonds is 4. The van der Waals surface area contributed by atoms with Gasteiger partial charge in [0, 0.05) is 6.54 Å². The molecule has 0 spiro atoms. The molecule has 1 N–H and O–H groups in total. The highest BCUT2D eigenvalue weighted by Crippen LogP contribution is 2.25. The van der Waals surface area contributed by atoms with E-state index >= 15 is 0 Å². The van der Waals surface area contributed by atoms with Crippen molar-refractivity contribution in [2.45, 2.75) is 25.9 Å². The molecule has 0 saturated carbocycles. The number of hydrogen-bond acceptors (Lipinski definition) is 1. The van der Waals surface area contributed by atoms with Gasteiger partial charge in [-0.05, 0) is 18.1 Å². The molecule has 0 radical (unpaired) electrons. The molecule has 1 aromatic carbocycles. The molecule has 0 aromatic heterocycles. The van der Waals surface area contributed by atoms with Crippen LogP contribution < -0.4 is 5.32 Å². The van der Waals surface area contributed by atoms with Crippen LogP contribution in [0.15, 0.2) is 18.2 Å². The zero-order valence-electron chi connectivity index (χ0n) is 8.56. The van der Waals surface area contributed by atoms with Crippen LogP contribution in [0.5, 0.6) is 0 Å². The third-order valence-corrected chi connectivity index (χ3v) is 3.04. The first kappa shape index (κ1) is 12.4. The molecule has 0 saturated heterocycles. The van der Waals surface area contributed by atoms with E-state index in [2.05, 4.69) is 11.2 Å². The van der Waals surface area contributed by atoms with E-state index in [0.29, 0.717) is 16.6 Å². The van der Waals surface area contributed by atoms with Crippen molar-refractivity contribution < 1.29 is 0 Å². The maximum Gasteiger partial charge on any atom is 0.0686 e. The maximum atomic E-state index is 6.04. The van der Waals surface area contributed by atoms with Crippen molar-refractivity contribution >= 4 is 23.2 Å². The van der Waals surface area contributed by atoms with Gasteiger partial charge < -0.3 is 0 Å². The minimum absolute atomic E-state index is 0.0834. The summed E-state index contributed by atoms with van der Waals surface area (Å²) in [6.45, 7) is 2.68. The van der Waals surface area contributed by atoms with Crippen molar-refractivity contribution in [2.75, 3.05) is 0 Å². The standard InChI is InChI=1S/C12H13Cl2N/c1-3-10(4-2)15-8-9-6-5-7-11(13)12(9)14/h1,5-7,10,15H,4,8H2,2H3. The van der Waals surface area contributed by atoms with Crippen LogP contribution in [0.25, 0.3) is 0 Å². The Kier molecular flexibility index (Phi) is 4.98. The van der Waals surface area contributed by atoms with E-state index < -0.39 is 0 Å². The third-order valence-electron chi connectivity index (χ3n) is 2.18. The SMILES string of the molecule is C#CC(CC)NCc1cccc(Cl)c1Cl. The van der Waals surface area contributed by atoms with Gasteiger partial charge in [-0.15, -0.1) is 6.42 Å². The fourth-order valence-corrected chi connectivity index (χ4v) is 1.63. The molecule has 1 atom stereocenters. The van der Waals surface area contributed by atoms with Crippen LogP contribution in [0.3, 0.4) is 0 Å². The summed E-state index contributed by atoms with van der Waals surface area (Å²) in [5.74, 6) is 2.67. The minimum Gasteiger partial charge on any atom is -0.300 e. The van der Waals surface area contributed by atoms with Gasteiger partial charge in [0.2, 0.25) is 0 Å². The van der Waals surface area contributed by atoms with E-state index in [0.717, 1.165) is 12.0 Å². The molecule has 0 fully saturated rings. The van der Waals surface area contributed by atoms with Crippen LogP contribution in [0.2, 0.25) is 10.0 Å². The molecule has 0 amide bonds. The fraction of sp³-hybridized carbons (Fsp3) is 0.333. The molecule has 0 aliphatic rings. The molecular weight excluding hydrogens is 229 g/mol. The van der Waals surface area contributed by atoms with Crippen LogP contribution in [-0.2, 0) is 6.54 Å². The van der Waals surface area contributed by atoms with Gasteiger partial charge in [-0.1, -0.05) is 48.2 Å². The van der Waals surface area contributed by atoms with E-state index in [1.807, 2.05) is 19.1 Å². The van der Waals surface area contributed by atoms with E-state index in [-0.39, 0.29) is 6.04 Å². The first-order valence-electron chi connectivity index (χ1n) is 4.81. The molecule has 0 heterocycles. The van der Waals surface area contributed by atoms with E-state index in [1.54, 1.807) is 6.07 Å². The molecule has 80 valence electrons. The Bertz CT molecular complexity index is 368. The zero-order chi connectivity index (χ0) is 11.3. The van der Waals surface area contributed by atoms with Gasteiger partial charge in [-0.3, -0.25) is 5.32 Å². The summed E-state index contributed by atoms with van der Waals surface area (Å²) in [5.41, 5.74) is 0.970. The first-order valence-corrected chi connectivity index (χ1v) is 5.57. The second kappa shape index (κ2) is 6.02. The number of terminal acetylenes is 1. The van der Waals surface area contributed by atoms with Gasteiger partial charge in [0.05, 0.1) is 16.1 Å². The average molecular weight is 242 g/mol. The Morgan fingerprint density at radius 2 is 2.20 bits per heavy atom. The molecule has 3 heteroatoms. The minimum atomic E-state index is 0.0834. The fourth-order valence-electron chi connectivity index (χ4n) is 1.24. The normalized spacial score (nSPS) is 12.1. The summed E-state index contributed by atoms with van der Waals surface area (Å²) in [7, 11) is 0. The first-order chi connectivity index (χ1) is 7.19. The highest BCUT2D eigenvalue weighted by atomic mass is 35.5. The molecule has 15 heavy (non-hydrogen) atoms. The number of benzene rings is 1. The van der Waals surface area contributed by atoms with Crippen molar-refractivity contribution in [1.29, 1.82) is 0 Å². The molecule has 1 unspecified atom stereocenters. The smallest absolute Gasteiger partial charge is 0.0686 e. The molecule has 0 aliphatic carbocycles. The molecule has 1 aromatic rings. The quantitative estimate of drug-likeness (QED) is 0.797. The second-order valence-corrected chi connectivity index (χ2v) is 4.01. The predicted molar refractivity (Wildman–Crippen MR) is 66.2 cm³/mol. The van der Waals surface area contributed by atoms with Crippen LogP contribution >= 0.6 is 23.2 Å². The highest BCUT2D eigenvalue weighted by molar-refractivity contribution is 6.42. The van der Waals surface area contributed by atoms with Crippen molar-refractivity contribution in [1.82, 2.24) is 5.32 Å². The summed E-state index contributed by atoms with van der Waals surface area (Å²) < 4.78 is 0. The van der Waals surface area contributed by atoms with Gasteiger partial charge in [-0.25, -0.2) is 0 Å². The predicted octanol–water partition coefficient (Wildman–Crippen LogP) is 3.49. The summed E-state index contributed by atoms with van der Waals surface area (Å²) in [4.78, 5) is 0. The largest absolute Gasteiger partial charge is 0.300 e. The Balaban J connectivity index is 2.66. The van der Waals surface area contributed by atoms with Gasteiger partial charge in [-0.2, -0.15) is 0 Å². The Morgan fingerprint density at radius 1 is 1.47 bits per heavy atom. The lowest BCUT2D eigenvalue weighted by Crippen LogP contribution is -2.26. The summed E-state index contributed by atoms with van der Waals surface area (Å²) in [5, 5.41) is 4.39. The van der Waals surface area contributed by atoms with Gasteiger partial charge >= 0.3 is 0 Å². The molecule has 1 nitrogen and oxygen atoms in total. The molecule has 0 bridgehead atoms. The molecule has 1 rings (SSSR count). The number of hydrogen-bond donors (Lipinski definition) is 1. The van der Waals surface area contributed by atoms with Gasteiger partial charge in [0.15, 0.2) is 0 Å². The van der Waals surface area contributed by atoms with Crippen molar-refractivity contribution in [2.24, 2.45) is 0 Å². The summed E-state index contributed by atoms with van der Waals surface area (Å²) in [6, 6.07) is 5.67. The van der Waals surface area contributed by atoms with Gasteiger partial charge in [0.1, 0.15) is 0 Å². The average Bonchev–Trinajstić information content (AvgIpc) is 2.25. The summed E-state index contributed by atoms with van der Waals surface area (Å²) >= 11 is 11.9. The zero-order valence-corrected chi connectivity index (χ0v) is 10.1. The Morgan fingerprint density at radius 3 is 2.80 bits per heavy atom. The van der Waals surface area contributed by atoms with Crippen LogP contribution in [-0.4, -0.2) is 6.04 Å². The van der Waals surface area contributed by atoms with E-state index in [4.69, 9.17) is 29.6 Å². The molecule has 0 aliphatic heterocycles. The Hall–Kier alpha value is -0.680. The van der Waals surface area contributed by atoms with Crippen LogP contribution in [0, 0.1) is 12.3 Å². The lowest BCUT2D eigenvalue weighted by Gasteiger charge is -2.11. The third kappa shape index (κ3) is 3.43. The topological polar surface area (TPSA) is 12.0 Å². The van der Waals surface area contributed by atoms with Crippen molar-refractivity contribution in [3.8, 4) is 12.3 Å². The lowest BCUT2D eigenvalue weighted by atomic mass is 10.2. The van der Waals surface area contributed by atoms with E-state index in [9.17, 15) is 0 Å². The summed E-state index contributed by atoms with van der Waals surface area (Å²) in [6.07, 6.45) is 6.24. The molecular formula is C12H13Cl2N. The van der Waals surface area contributed by atoms with Crippen molar-refractivity contribution in [3.05, 3.63) is 33.8 Å². The lowest BCUT2D eigenvalue weighted by molar-refractivity contribution is 0.593. The van der Waals surface area contributed by atoms with Crippen LogP contribution in [0.1, 0.15) is 18.9 Å². The maximum absolute atomic E-state index is 6.04.